The number of nitrogens with zero attached hydrogens (tertiary/aromatic N) is 3. The van der Waals surface area contributed by atoms with Crippen LogP contribution >= 0.6 is 0 Å². The molecule has 2 heterocycles. The fourth-order valence-electron chi connectivity index (χ4n) is 3.65. The zero-order valence-corrected chi connectivity index (χ0v) is 18.2. The molecule has 0 aliphatic carbocycles. The first-order valence-corrected chi connectivity index (χ1v) is 10.4. The Hall–Kier alpha value is -4.00. The van der Waals surface area contributed by atoms with Gasteiger partial charge in [-0.15, -0.1) is 0 Å². The summed E-state index contributed by atoms with van der Waals surface area (Å²) < 4.78 is 6.99. The van der Waals surface area contributed by atoms with Gasteiger partial charge < -0.3 is 10.1 Å². The van der Waals surface area contributed by atoms with Crippen LogP contribution in [-0.2, 0) is 4.79 Å². The van der Waals surface area contributed by atoms with E-state index in [4.69, 9.17) is 4.74 Å². The molecule has 1 N–H and O–H groups in total. The lowest BCUT2D eigenvalue weighted by Crippen LogP contribution is -2.13. The van der Waals surface area contributed by atoms with Crippen LogP contribution < -0.4 is 10.1 Å². The van der Waals surface area contributed by atoms with Crippen LogP contribution in [0.25, 0.3) is 28.0 Å². The molecule has 162 valence electrons. The summed E-state index contributed by atoms with van der Waals surface area (Å²) in [6, 6.07) is 14.9. The number of methoxy groups -OCH3 is 1. The van der Waals surface area contributed by atoms with E-state index in [2.05, 4.69) is 15.4 Å². The van der Waals surface area contributed by atoms with Crippen molar-refractivity contribution in [1.82, 2.24) is 14.6 Å². The van der Waals surface area contributed by atoms with E-state index in [9.17, 15) is 9.59 Å². The van der Waals surface area contributed by atoms with Crippen LogP contribution in [0.5, 0.6) is 5.75 Å². The van der Waals surface area contributed by atoms with Gasteiger partial charge in [0.05, 0.1) is 24.6 Å². The van der Waals surface area contributed by atoms with Crippen molar-refractivity contribution in [3.8, 4) is 28.1 Å². The van der Waals surface area contributed by atoms with E-state index in [1.54, 1.807) is 29.0 Å². The first-order valence-electron chi connectivity index (χ1n) is 10.4. The summed E-state index contributed by atoms with van der Waals surface area (Å²) in [6.07, 6.45) is 4.70. The highest BCUT2D eigenvalue weighted by atomic mass is 16.5. The zero-order chi connectivity index (χ0) is 22.7. The van der Waals surface area contributed by atoms with Crippen molar-refractivity contribution in [2.75, 3.05) is 12.4 Å². The lowest BCUT2D eigenvalue weighted by Gasteiger charge is -2.10. The van der Waals surface area contributed by atoms with Gasteiger partial charge in [-0.3, -0.25) is 9.59 Å². The molecule has 4 aromatic rings. The molecule has 1 amide bonds. The van der Waals surface area contributed by atoms with Crippen molar-refractivity contribution in [2.24, 2.45) is 5.92 Å². The number of aldehydes is 1. The summed E-state index contributed by atoms with van der Waals surface area (Å²) in [4.78, 5) is 28.1. The Morgan fingerprint density at radius 2 is 2.00 bits per heavy atom. The second-order valence-corrected chi connectivity index (χ2v) is 7.93. The first-order chi connectivity index (χ1) is 15.5. The molecular weight excluding hydrogens is 404 g/mol. The number of amides is 1. The number of carbonyl (C=O) groups is 2. The highest BCUT2D eigenvalue weighted by Gasteiger charge is 2.14. The molecule has 0 spiro atoms. The van der Waals surface area contributed by atoms with Crippen LogP contribution in [0, 0.1) is 5.92 Å². The number of rotatable bonds is 7. The van der Waals surface area contributed by atoms with Crippen LogP contribution in [0.2, 0.25) is 0 Å². The molecule has 32 heavy (non-hydrogen) atoms. The Balaban J connectivity index is 1.72. The van der Waals surface area contributed by atoms with E-state index in [0.29, 0.717) is 23.4 Å². The van der Waals surface area contributed by atoms with E-state index < -0.39 is 0 Å². The van der Waals surface area contributed by atoms with Crippen LogP contribution in [0.1, 0.15) is 30.6 Å². The van der Waals surface area contributed by atoms with Gasteiger partial charge in [0.15, 0.2) is 11.9 Å². The standard InChI is InChI=1S/C25H24N4O3/c1-16(2)11-24(31)28-20-6-4-5-18(13-20)22-9-10-26-25-21(14-27-29(22)25)17-7-8-23(32-3)19(12-17)15-30/h4-10,12-16H,11H2,1-3H3,(H,28,31). The first kappa shape index (κ1) is 21.2. The third kappa shape index (κ3) is 4.23. The number of fused-ring (bicyclic) bond motifs is 1. The number of benzene rings is 2. The van der Waals surface area contributed by atoms with Gasteiger partial charge in [-0.25, -0.2) is 9.50 Å². The Morgan fingerprint density at radius 1 is 1.16 bits per heavy atom. The molecule has 2 aromatic heterocycles. The average molecular weight is 428 g/mol. The molecule has 7 heteroatoms. The predicted octanol–water partition coefficient (Wildman–Crippen LogP) is 4.87. The van der Waals surface area contributed by atoms with Crippen LogP contribution in [0.3, 0.4) is 0 Å². The van der Waals surface area contributed by atoms with E-state index in [1.165, 1.54) is 7.11 Å². The number of nitrogens with one attached hydrogen (secondary N) is 1. The Bertz CT molecular complexity index is 1290. The minimum absolute atomic E-state index is 0.0103. The molecular formula is C25H24N4O3. The zero-order valence-electron chi connectivity index (χ0n) is 18.2. The Kier molecular flexibility index (Phi) is 5.98. The van der Waals surface area contributed by atoms with Crippen molar-refractivity contribution < 1.29 is 14.3 Å². The molecule has 0 saturated carbocycles. The highest BCUT2D eigenvalue weighted by Crippen LogP contribution is 2.30. The lowest BCUT2D eigenvalue weighted by molar-refractivity contribution is -0.116. The molecule has 7 nitrogen and oxygen atoms in total. The van der Waals surface area contributed by atoms with Gasteiger partial charge >= 0.3 is 0 Å². The van der Waals surface area contributed by atoms with Gasteiger partial charge in [-0.1, -0.05) is 32.0 Å². The second kappa shape index (κ2) is 9.01. The van der Waals surface area contributed by atoms with Crippen LogP contribution in [-0.4, -0.2) is 33.9 Å². The molecule has 4 rings (SSSR count). The largest absolute Gasteiger partial charge is 0.496 e. The van der Waals surface area contributed by atoms with Gasteiger partial charge in [0.1, 0.15) is 5.75 Å². The molecule has 0 aliphatic rings. The lowest BCUT2D eigenvalue weighted by atomic mass is 10.1. The summed E-state index contributed by atoms with van der Waals surface area (Å²) in [6.45, 7) is 4.03. The molecule has 0 bridgehead atoms. The van der Waals surface area contributed by atoms with Crippen molar-refractivity contribution in [3.05, 3.63) is 66.5 Å². The van der Waals surface area contributed by atoms with E-state index in [0.717, 1.165) is 34.4 Å². The van der Waals surface area contributed by atoms with E-state index in [1.807, 2.05) is 50.2 Å². The minimum atomic E-state index is -0.0103. The average Bonchev–Trinajstić information content (AvgIpc) is 3.22. The Morgan fingerprint density at radius 3 is 2.75 bits per heavy atom. The minimum Gasteiger partial charge on any atom is -0.496 e. The van der Waals surface area contributed by atoms with Crippen LogP contribution in [0.4, 0.5) is 5.69 Å². The fraction of sp³-hybridized carbons (Fsp3) is 0.200. The third-order valence-corrected chi connectivity index (χ3v) is 5.10. The number of ether oxygens (including phenoxy) is 1. The Labute approximate surface area is 186 Å². The van der Waals surface area contributed by atoms with Crippen molar-refractivity contribution in [1.29, 1.82) is 0 Å². The summed E-state index contributed by atoms with van der Waals surface area (Å²) in [7, 11) is 1.53. The normalized spacial score (nSPS) is 11.0. The highest BCUT2D eigenvalue weighted by molar-refractivity contribution is 5.91. The quantitative estimate of drug-likeness (QED) is 0.425. The molecule has 0 fully saturated rings. The topological polar surface area (TPSA) is 85.6 Å². The van der Waals surface area contributed by atoms with Gasteiger partial charge in [0, 0.05) is 29.4 Å². The fourth-order valence-corrected chi connectivity index (χ4v) is 3.65. The predicted molar refractivity (Wildman–Crippen MR) is 124 cm³/mol. The van der Waals surface area contributed by atoms with Gasteiger partial charge in [0.2, 0.25) is 5.91 Å². The second-order valence-electron chi connectivity index (χ2n) is 7.93. The molecule has 0 unspecified atom stereocenters. The van der Waals surface area contributed by atoms with Crippen LogP contribution in [0.15, 0.2) is 60.9 Å². The van der Waals surface area contributed by atoms with E-state index >= 15 is 0 Å². The smallest absolute Gasteiger partial charge is 0.224 e. The van der Waals surface area contributed by atoms with Crippen molar-refractivity contribution in [2.45, 2.75) is 20.3 Å². The molecule has 0 saturated heterocycles. The summed E-state index contributed by atoms with van der Waals surface area (Å²) in [5.74, 6) is 0.798. The number of hydrogen-bond donors (Lipinski definition) is 1. The van der Waals surface area contributed by atoms with E-state index in [-0.39, 0.29) is 11.8 Å². The summed E-state index contributed by atoms with van der Waals surface area (Å²) >= 11 is 0. The molecule has 0 aliphatic heterocycles. The maximum Gasteiger partial charge on any atom is 0.224 e. The monoisotopic (exact) mass is 428 g/mol. The number of carbonyl (C=O) groups excluding carboxylic acids is 2. The van der Waals surface area contributed by atoms with Gasteiger partial charge in [-0.05, 0) is 41.8 Å². The maximum absolute atomic E-state index is 12.2. The SMILES string of the molecule is COc1ccc(-c2cnn3c(-c4cccc(NC(=O)CC(C)C)c4)ccnc23)cc1C=O. The molecule has 0 radical (unpaired) electrons. The van der Waals surface area contributed by atoms with Gasteiger partial charge in [-0.2, -0.15) is 5.10 Å². The number of anilines is 1. The van der Waals surface area contributed by atoms with Crippen molar-refractivity contribution in [3.63, 3.8) is 0 Å². The molecule has 0 atom stereocenters. The number of hydrogen-bond acceptors (Lipinski definition) is 5. The third-order valence-electron chi connectivity index (χ3n) is 5.10. The molecule has 2 aromatic carbocycles. The number of aromatic nitrogens is 3. The summed E-state index contributed by atoms with van der Waals surface area (Å²) in [5, 5.41) is 7.50. The van der Waals surface area contributed by atoms with Gasteiger partial charge in [0.25, 0.3) is 0 Å². The van der Waals surface area contributed by atoms with Crippen molar-refractivity contribution >= 4 is 23.5 Å². The summed E-state index contributed by atoms with van der Waals surface area (Å²) in [5.41, 5.74) is 5.23. The maximum atomic E-state index is 12.2.